The van der Waals surface area contributed by atoms with Crippen LogP contribution in [0.3, 0.4) is 0 Å². The molecule has 0 atom stereocenters. The zero-order valence-corrected chi connectivity index (χ0v) is 18.3. The van der Waals surface area contributed by atoms with Crippen molar-refractivity contribution in [2.45, 2.75) is 38.5 Å². The van der Waals surface area contributed by atoms with Gasteiger partial charge in [-0.15, -0.1) is 0 Å². The number of fused-ring (bicyclic) bond motifs is 2. The molecule has 0 aliphatic carbocycles. The molecule has 1 N–H and O–H groups in total. The van der Waals surface area contributed by atoms with Crippen LogP contribution in [0.2, 0.25) is 0 Å². The van der Waals surface area contributed by atoms with Crippen molar-refractivity contribution in [3.8, 4) is 17.3 Å². The Morgan fingerprint density at radius 1 is 1.28 bits per heavy atom. The monoisotopic (exact) mass is 423 g/mol. The molecule has 1 aliphatic rings. The van der Waals surface area contributed by atoms with Gasteiger partial charge in [-0.2, -0.15) is 10.4 Å². The number of likely N-dealkylation sites (tertiary alicyclic amines) is 1. The van der Waals surface area contributed by atoms with Crippen LogP contribution in [0.25, 0.3) is 32.7 Å². The van der Waals surface area contributed by atoms with Gasteiger partial charge in [0.15, 0.2) is 5.65 Å². The zero-order chi connectivity index (χ0) is 22.2. The maximum absolute atomic E-state index is 9.62. The van der Waals surface area contributed by atoms with Gasteiger partial charge in [0.25, 0.3) is 6.67 Å². The first-order valence-electron chi connectivity index (χ1n) is 11.0. The van der Waals surface area contributed by atoms with Crippen LogP contribution >= 0.6 is 0 Å². The molecule has 4 aromatic rings. The molecule has 32 heavy (non-hydrogen) atoms. The average Bonchev–Trinajstić information content (AvgIpc) is 3.43. The number of aromatic amines is 1. The first-order chi connectivity index (χ1) is 15.6. The second-order valence-electron chi connectivity index (χ2n) is 8.85. The van der Waals surface area contributed by atoms with Crippen LogP contribution in [0.5, 0.6) is 0 Å². The number of piperidine rings is 1. The summed E-state index contributed by atoms with van der Waals surface area (Å²) in [5.41, 5.74) is 6.80. The number of nitriles is 1. The third kappa shape index (κ3) is 3.41. The molecule has 1 saturated heterocycles. The molecule has 3 aromatic heterocycles. The summed E-state index contributed by atoms with van der Waals surface area (Å²) in [6.07, 6.45) is 5.59. The lowest BCUT2D eigenvalue weighted by Gasteiger charge is -2.28. The van der Waals surface area contributed by atoms with Crippen LogP contribution in [0.15, 0.2) is 36.8 Å². The van der Waals surface area contributed by atoms with Crippen LogP contribution < -0.4 is 0 Å². The van der Waals surface area contributed by atoms with Gasteiger partial charge in [-0.3, -0.25) is 4.85 Å². The molecule has 1 aromatic carbocycles. The summed E-state index contributed by atoms with van der Waals surface area (Å²) in [5.74, 6) is 0.836. The van der Waals surface area contributed by atoms with Crippen molar-refractivity contribution in [1.82, 2.24) is 24.5 Å². The topological polar surface area (TPSA) is 77.4 Å². The van der Waals surface area contributed by atoms with E-state index in [9.17, 15) is 5.26 Å². The lowest BCUT2D eigenvalue weighted by atomic mass is 9.87. The predicted octanol–water partition coefficient (Wildman–Crippen LogP) is 4.93. The summed E-state index contributed by atoms with van der Waals surface area (Å²) in [4.78, 5) is 13.6. The number of nitrogens with one attached hydrogen (secondary N) is 1. The Kier molecular flexibility index (Phi) is 5.13. The Labute approximate surface area is 187 Å². The van der Waals surface area contributed by atoms with Gasteiger partial charge in [0.2, 0.25) is 0 Å². The van der Waals surface area contributed by atoms with E-state index in [0.29, 0.717) is 29.7 Å². The summed E-state index contributed by atoms with van der Waals surface area (Å²) in [7, 11) is 0. The second kappa shape index (κ2) is 8.11. The van der Waals surface area contributed by atoms with Gasteiger partial charge in [-0.1, -0.05) is 19.9 Å². The van der Waals surface area contributed by atoms with Gasteiger partial charge in [0.05, 0.1) is 11.3 Å². The van der Waals surface area contributed by atoms with E-state index in [4.69, 9.17) is 6.57 Å². The summed E-state index contributed by atoms with van der Waals surface area (Å²) in [6.45, 7) is 14.0. The van der Waals surface area contributed by atoms with E-state index >= 15 is 0 Å². The molecular weight excluding hydrogens is 398 g/mol. The Hall–Kier alpha value is -3.68. The van der Waals surface area contributed by atoms with Crippen molar-refractivity contribution in [3.63, 3.8) is 0 Å². The van der Waals surface area contributed by atoms with E-state index in [1.165, 1.54) is 22.8 Å². The van der Waals surface area contributed by atoms with E-state index in [-0.39, 0.29) is 0 Å². The number of H-pyrrole nitrogens is 1. The smallest absolute Gasteiger partial charge is 0.270 e. The van der Waals surface area contributed by atoms with Crippen molar-refractivity contribution in [2.24, 2.45) is 0 Å². The normalized spacial score (nSPS) is 15.4. The number of hydrogen-bond donors (Lipinski definition) is 1. The van der Waals surface area contributed by atoms with Crippen molar-refractivity contribution in [2.75, 3.05) is 19.8 Å². The minimum atomic E-state index is 0.312. The van der Waals surface area contributed by atoms with E-state index < -0.39 is 0 Å². The molecule has 0 spiro atoms. The molecule has 7 nitrogen and oxygen atoms in total. The first kappa shape index (κ1) is 20.2. The van der Waals surface area contributed by atoms with E-state index in [1.54, 1.807) is 4.52 Å². The quantitative estimate of drug-likeness (QED) is 0.472. The number of pyridine rings is 1. The van der Waals surface area contributed by atoms with Crippen molar-refractivity contribution >= 4 is 16.6 Å². The molecule has 0 unspecified atom stereocenters. The molecule has 160 valence electrons. The maximum atomic E-state index is 9.62. The number of nitrogens with zero attached hydrogens (tertiary/aromatic N) is 6. The molecule has 1 aliphatic heterocycles. The fourth-order valence-corrected chi connectivity index (χ4v) is 4.96. The molecule has 0 amide bonds. The number of rotatable bonds is 4. The minimum Gasteiger partial charge on any atom is -0.354 e. The summed E-state index contributed by atoms with van der Waals surface area (Å²) < 4.78 is 1.67. The average molecular weight is 424 g/mol. The highest BCUT2D eigenvalue weighted by atomic mass is 15.3. The van der Waals surface area contributed by atoms with Crippen LogP contribution in [0, 0.1) is 17.9 Å². The van der Waals surface area contributed by atoms with Crippen LogP contribution in [0.1, 0.15) is 55.2 Å². The van der Waals surface area contributed by atoms with Crippen molar-refractivity contribution < 1.29 is 0 Å². The van der Waals surface area contributed by atoms with Crippen molar-refractivity contribution in [3.05, 3.63) is 64.9 Å². The van der Waals surface area contributed by atoms with E-state index in [0.717, 1.165) is 42.7 Å². The number of aromatic nitrogens is 4. The summed E-state index contributed by atoms with van der Waals surface area (Å²) in [6, 6.07) is 10.9. The number of benzene rings is 1. The van der Waals surface area contributed by atoms with E-state index in [2.05, 4.69) is 62.9 Å². The predicted molar refractivity (Wildman–Crippen MR) is 124 cm³/mol. The highest BCUT2D eigenvalue weighted by Gasteiger charge is 2.24. The maximum Gasteiger partial charge on any atom is 0.270 e. The second-order valence-corrected chi connectivity index (χ2v) is 8.85. The fraction of sp³-hybridized carbons (Fsp3) is 0.360. The molecule has 0 saturated carbocycles. The number of hydrogen-bond acceptors (Lipinski definition) is 4. The van der Waals surface area contributed by atoms with Gasteiger partial charge in [-0.25, -0.2) is 21.0 Å². The molecule has 0 radical (unpaired) electrons. The molecule has 4 heterocycles. The van der Waals surface area contributed by atoms with Gasteiger partial charge in [0.1, 0.15) is 12.4 Å². The minimum absolute atomic E-state index is 0.312. The van der Waals surface area contributed by atoms with Crippen LogP contribution in [0.4, 0.5) is 0 Å². The summed E-state index contributed by atoms with van der Waals surface area (Å²) in [5, 5.41) is 15.1. The van der Waals surface area contributed by atoms with Crippen LogP contribution in [-0.2, 0) is 0 Å². The SMILES string of the molecule is [C-]#[N+]CN1CCC(c2ccc3[nH]c(-c4cc(C#N)c5ncnn5c4)c(C(C)C)c3c2)CC1. The molecule has 7 heteroatoms. The Morgan fingerprint density at radius 2 is 2.09 bits per heavy atom. The fourth-order valence-electron chi connectivity index (χ4n) is 4.96. The first-order valence-corrected chi connectivity index (χ1v) is 11.0. The molecule has 1 fully saturated rings. The van der Waals surface area contributed by atoms with Crippen LogP contribution in [-0.4, -0.2) is 44.2 Å². The van der Waals surface area contributed by atoms with Gasteiger partial charge in [0, 0.05) is 35.8 Å². The van der Waals surface area contributed by atoms with Crippen molar-refractivity contribution in [1.29, 1.82) is 5.26 Å². The lowest BCUT2D eigenvalue weighted by molar-refractivity contribution is 0.232. The Bertz CT molecular complexity index is 1370. The van der Waals surface area contributed by atoms with Gasteiger partial charge >= 0.3 is 0 Å². The third-order valence-electron chi connectivity index (χ3n) is 6.55. The third-order valence-corrected chi connectivity index (χ3v) is 6.55. The van der Waals surface area contributed by atoms with Gasteiger partial charge < -0.3 is 4.98 Å². The highest BCUT2D eigenvalue weighted by molar-refractivity contribution is 5.92. The standard InChI is InChI=1S/C25H25N7/c1-16(2)23-21-11-18(17-6-8-31(9-7-17)15-27-3)4-5-22(21)30-24(23)20-10-19(12-26)25-28-14-29-32(25)13-20/h4-5,10-11,13-14,16-17,30H,6-9,15H2,1-2H3. The lowest BCUT2D eigenvalue weighted by Crippen LogP contribution is -2.32. The zero-order valence-electron chi connectivity index (χ0n) is 18.3. The Balaban J connectivity index is 1.58. The van der Waals surface area contributed by atoms with Gasteiger partial charge in [-0.05, 0) is 54.0 Å². The molecular formula is C25H25N7. The highest BCUT2D eigenvalue weighted by Crippen LogP contribution is 2.38. The molecule has 5 rings (SSSR count). The molecule has 0 bridgehead atoms. The Morgan fingerprint density at radius 3 is 2.81 bits per heavy atom. The van der Waals surface area contributed by atoms with E-state index in [1.807, 2.05) is 12.3 Å². The largest absolute Gasteiger partial charge is 0.354 e. The summed E-state index contributed by atoms with van der Waals surface area (Å²) >= 11 is 0.